The van der Waals surface area contributed by atoms with E-state index in [9.17, 15) is 22.4 Å². The number of hydrogen-bond donors (Lipinski definition) is 1. The lowest BCUT2D eigenvalue weighted by molar-refractivity contribution is -0.0523. The monoisotopic (exact) mass is 386 g/mol. The molecule has 3 rings (SSSR count). The summed E-state index contributed by atoms with van der Waals surface area (Å²) in [7, 11) is 1.76. The van der Waals surface area contributed by atoms with Crippen molar-refractivity contribution in [1.82, 2.24) is 14.7 Å². The maximum absolute atomic E-state index is 14.1. The Morgan fingerprint density at radius 1 is 1.30 bits per heavy atom. The highest BCUT2D eigenvalue weighted by Gasteiger charge is 2.29. The number of urea groups is 1. The van der Waals surface area contributed by atoms with Gasteiger partial charge in [-0.1, -0.05) is 0 Å². The third kappa shape index (κ3) is 4.32. The first-order chi connectivity index (χ1) is 12.8. The lowest BCUT2D eigenvalue weighted by atomic mass is 9.98. The number of nitrogens with one attached hydrogen (secondary N) is 1. The van der Waals surface area contributed by atoms with E-state index < -0.39 is 35.7 Å². The summed E-state index contributed by atoms with van der Waals surface area (Å²) in [6.07, 6.45) is 5.88. The van der Waals surface area contributed by atoms with E-state index in [1.165, 1.54) is 4.90 Å². The van der Waals surface area contributed by atoms with Crippen molar-refractivity contribution in [2.24, 2.45) is 7.05 Å². The van der Waals surface area contributed by atoms with E-state index in [0.29, 0.717) is 18.7 Å². The van der Waals surface area contributed by atoms with Gasteiger partial charge in [0.2, 0.25) is 0 Å². The molecule has 1 unspecified atom stereocenters. The molecule has 1 aromatic heterocycles. The molecule has 0 radical (unpaired) electrons. The van der Waals surface area contributed by atoms with E-state index in [4.69, 9.17) is 0 Å². The Balaban J connectivity index is 1.78. The van der Waals surface area contributed by atoms with E-state index in [-0.39, 0.29) is 6.04 Å². The Morgan fingerprint density at radius 3 is 2.74 bits per heavy atom. The fourth-order valence-electron chi connectivity index (χ4n) is 3.13. The van der Waals surface area contributed by atoms with Gasteiger partial charge in [0, 0.05) is 37.5 Å². The summed E-state index contributed by atoms with van der Waals surface area (Å²) in [5.41, 5.74) is 0.398. The minimum Gasteiger partial charge on any atom is -0.432 e. The summed E-state index contributed by atoms with van der Waals surface area (Å²) in [6.45, 7) is -2.84. The second-order valence-electron chi connectivity index (χ2n) is 6.22. The van der Waals surface area contributed by atoms with Crippen LogP contribution in [0.4, 0.5) is 28.0 Å². The number of amides is 2. The second-order valence-corrected chi connectivity index (χ2v) is 6.22. The van der Waals surface area contributed by atoms with Crippen LogP contribution in [0.15, 0.2) is 24.5 Å². The molecule has 1 aliphatic heterocycles. The molecule has 1 N–H and O–H groups in total. The van der Waals surface area contributed by atoms with Crippen molar-refractivity contribution in [3.05, 3.63) is 41.7 Å². The predicted octanol–water partition coefficient (Wildman–Crippen LogP) is 4.06. The molecular weight excluding hydrogens is 368 g/mol. The minimum atomic E-state index is -3.28. The number of anilines is 1. The highest BCUT2D eigenvalue weighted by Crippen LogP contribution is 2.32. The molecule has 146 valence electrons. The Bertz CT molecular complexity index is 827. The van der Waals surface area contributed by atoms with Gasteiger partial charge >= 0.3 is 12.6 Å². The first kappa shape index (κ1) is 19.0. The van der Waals surface area contributed by atoms with Crippen molar-refractivity contribution in [1.29, 1.82) is 0 Å². The molecular formula is C17H18F4N4O2. The zero-order chi connectivity index (χ0) is 19.6. The van der Waals surface area contributed by atoms with Crippen molar-refractivity contribution >= 4 is 11.7 Å². The Kier molecular flexibility index (Phi) is 5.52. The zero-order valence-corrected chi connectivity index (χ0v) is 14.5. The van der Waals surface area contributed by atoms with Gasteiger partial charge in [-0.2, -0.15) is 13.9 Å². The van der Waals surface area contributed by atoms with Crippen LogP contribution in [0.25, 0.3) is 0 Å². The van der Waals surface area contributed by atoms with Crippen LogP contribution in [0.1, 0.15) is 30.9 Å². The number of aryl methyl sites for hydroxylation is 1. The number of likely N-dealkylation sites (tertiary alicyclic amines) is 1. The normalized spacial score (nSPS) is 17.3. The fourth-order valence-corrected chi connectivity index (χ4v) is 3.13. The van der Waals surface area contributed by atoms with Gasteiger partial charge in [-0.3, -0.25) is 4.68 Å². The van der Waals surface area contributed by atoms with Crippen LogP contribution in [-0.4, -0.2) is 33.9 Å². The molecule has 10 heteroatoms. The molecule has 2 aromatic rings. The first-order valence-electron chi connectivity index (χ1n) is 8.35. The van der Waals surface area contributed by atoms with E-state index in [1.54, 1.807) is 24.1 Å². The average molecular weight is 386 g/mol. The van der Waals surface area contributed by atoms with Crippen molar-refractivity contribution in [3.63, 3.8) is 0 Å². The molecule has 1 aliphatic rings. The van der Waals surface area contributed by atoms with Crippen molar-refractivity contribution in [2.75, 3.05) is 11.9 Å². The van der Waals surface area contributed by atoms with Crippen LogP contribution < -0.4 is 10.1 Å². The van der Waals surface area contributed by atoms with Gasteiger partial charge in [0.1, 0.15) is 0 Å². The number of benzene rings is 1. The lowest BCUT2D eigenvalue weighted by Gasteiger charge is -2.35. The first-order valence-corrected chi connectivity index (χ1v) is 8.35. The zero-order valence-electron chi connectivity index (χ0n) is 14.5. The number of aromatic nitrogens is 2. The third-order valence-corrected chi connectivity index (χ3v) is 4.35. The van der Waals surface area contributed by atoms with Crippen molar-refractivity contribution < 1.29 is 27.1 Å². The van der Waals surface area contributed by atoms with E-state index in [0.717, 1.165) is 24.8 Å². The van der Waals surface area contributed by atoms with Crippen LogP contribution >= 0.6 is 0 Å². The van der Waals surface area contributed by atoms with Gasteiger partial charge in [-0.25, -0.2) is 13.6 Å². The van der Waals surface area contributed by atoms with Gasteiger partial charge in [0.15, 0.2) is 17.4 Å². The maximum Gasteiger partial charge on any atom is 0.387 e. The van der Waals surface area contributed by atoms with Gasteiger partial charge in [0.25, 0.3) is 0 Å². The number of piperidine rings is 1. The number of halogens is 4. The molecule has 0 aliphatic carbocycles. The third-order valence-electron chi connectivity index (χ3n) is 4.35. The summed E-state index contributed by atoms with van der Waals surface area (Å²) in [4.78, 5) is 14.2. The van der Waals surface area contributed by atoms with Gasteiger partial charge in [0.05, 0.1) is 17.9 Å². The fraction of sp³-hybridized carbons (Fsp3) is 0.412. The van der Waals surface area contributed by atoms with E-state index in [1.807, 2.05) is 0 Å². The lowest BCUT2D eigenvalue weighted by Crippen LogP contribution is -2.41. The number of rotatable bonds is 4. The van der Waals surface area contributed by atoms with Crippen LogP contribution in [0.5, 0.6) is 5.75 Å². The summed E-state index contributed by atoms with van der Waals surface area (Å²) in [5.74, 6) is -3.20. The van der Waals surface area contributed by atoms with Gasteiger partial charge in [-0.05, 0) is 19.3 Å². The highest BCUT2D eigenvalue weighted by atomic mass is 19.3. The molecule has 1 atom stereocenters. The number of carbonyl (C=O) groups excluding carboxylic acids is 1. The molecule has 6 nitrogen and oxygen atoms in total. The van der Waals surface area contributed by atoms with Crippen LogP contribution in [0.3, 0.4) is 0 Å². The number of hydrogen-bond acceptors (Lipinski definition) is 3. The topological polar surface area (TPSA) is 59.4 Å². The van der Waals surface area contributed by atoms with Crippen LogP contribution in [0.2, 0.25) is 0 Å². The van der Waals surface area contributed by atoms with E-state index in [2.05, 4.69) is 15.2 Å². The Labute approximate surface area is 152 Å². The van der Waals surface area contributed by atoms with Crippen molar-refractivity contribution in [3.8, 4) is 5.75 Å². The van der Waals surface area contributed by atoms with E-state index >= 15 is 0 Å². The molecule has 1 saturated heterocycles. The summed E-state index contributed by atoms with van der Waals surface area (Å²) >= 11 is 0. The largest absolute Gasteiger partial charge is 0.432 e. The average Bonchev–Trinajstić information content (AvgIpc) is 3.05. The standard InChI is InChI=1S/C17H18F4N4O2/c1-24-9-10(8-22-24)14-4-2-3-5-25(14)17(26)23-13-6-12(19)15(7-11(13)18)27-16(20)21/h6-9,14,16H,2-5H2,1H3,(H,23,26). The second kappa shape index (κ2) is 7.85. The molecule has 0 bridgehead atoms. The molecule has 1 fully saturated rings. The molecule has 2 amide bonds. The van der Waals surface area contributed by atoms with Gasteiger partial charge < -0.3 is 15.0 Å². The smallest absolute Gasteiger partial charge is 0.387 e. The molecule has 27 heavy (non-hydrogen) atoms. The number of carbonyl (C=O) groups is 1. The Morgan fingerprint density at radius 2 is 2.07 bits per heavy atom. The Hall–Kier alpha value is -2.78. The predicted molar refractivity (Wildman–Crippen MR) is 88.5 cm³/mol. The molecule has 2 heterocycles. The molecule has 1 aromatic carbocycles. The highest BCUT2D eigenvalue weighted by molar-refractivity contribution is 5.90. The van der Waals surface area contributed by atoms with Crippen LogP contribution in [0, 0.1) is 11.6 Å². The van der Waals surface area contributed by atoms with Gasteiger partial charge in [-0.15, -0.1) is 0 Å². The number of ether oxygens (including phenoxy) is 1. The number of nitrogens with zero attached hydrogens (tertiary/aromatic N) is 3. The summed E-state index contributed by atoms with van der Waals surface area (Å²) in [5, 5.41) is 6.41. The minimum absolute atomic E-state index is 0.234. The molecule has 0 saturated carbocycles. The SMILES string of the molecule is Cn1cc(C2CCCCN2C(=O)Nc2cc(F)c(OC(F)F)cc2F)cn1. The quantitative estimate of drug-likeness (QED) is 0.807. The number of alkyl halides is 2. The summed E-state index contributed by atoms with van der Waals surface area (Å²) < 4.78 is 57.8. The van der Waals surface area contributed by atoms with Crippen molar-refractivity contribution in [2.45, 2.75) is 31.9 Å². The maximum atomic E-state index is 14.1. The molecule has 0 spiro atoms. The summed E-state index contributed by atoms with van der Waals surface area (Å²) in [6, 6.07) is 0.256. The van der Waals surface area contributed by atoms with Crippen LogP contribution in [-0.2, 0) is 7.05 Å².